The van der Waals surface area contributed by atoms with Crippen LogP contribution >= 0.6 is 23.2 Å². The van der Waals surface area contributed by atoms with E-state index in [2.05, 4.69) is 36.7 Å². The van der Waals surface area contributed by atoms with Crippen LogP contribution in [-0.4, -0.2) is 80.0 Å². The van der Waals surface area contributed by atoms with E-state index in [-0.39, 0.29) is 24.2 Å². The Kier molecular flexibility index (Phi) is 7.12. The standard InChI is InChI=1S/C27H29Cl2F2N7O/c1-16(20-11-32-23(29)9-21(20)28)38-26-25(22(35-38)5-4-19-10-27(19,30)31)33-12-24(34-26)37-14-18(15-37)17-3-2-6-36(13-17)7-8-39/h9,11-12,16-19,39H,2-3,6-8,10,13-15H2,1H3/t16-,17+,19?/m1/s1. The highest BCUT2D eigenvalue weighted by Gasteiger charge is 2.56. The zero-order valence-corrected chi connectivity index (χ0v) is 23.0. The molecule has 6 rings (SSSR count). The van der Waals surface area contributed by atoms with Gasteiger partial charge in [-0.05, 0) is 50.1 Å². The Balaban J connectivity index is 1.28. The maximum Gasteiger partial charge on any atom is 0.263 e. The number of anilines is 1. The molecule has 1 aliphatic carbocycles. The lowest BCUT2D eigenvalue weighted by Gasteiger charge is -2.47. The van der Waals surface area contributed by atoms with E-state index in [0.29, 0.717) is 39.3 Å². The van der Waals surface area contributed by atoms with Crippen LogP contribution in [-0.2, 0) is 0 Å². The van der Waals surface area contributed by atoms with Gasteiger partial charge in [-0.2, -0.15) is 5.10 Å². The molecule has 3 aromatic rings. The minimum atomic E-state index is -2.73. The van der Waals surface area contributed by atoms with Gasteiger partial charge in [0, 0.05) is 44.4 Å². The molecule has 0 amide bonds. The van der Waals surface area contributed by atoms with E-state index in [9.17, 15) is 13.9 Å². The van der Waals surface area contributed by atoms with Crippen molar-refractivity contribution in [3.63, 3.8) is 0 Å². The van der Waals surface area contributed by atoms with E-state index in [0.717, 1.165) is 45.0 Å². The van der Waals surface area contributed by atoms with Crippen molar-refractivity contribution in [3.05, 3.63) is 39.9 Å². The average Bonchev–Trinajstić information content (AvgIpc) is 3.33. The molecule has 8 nitrogen and oxygen atoms in total. The van der Waals surface area contributed by atoms with Crippen molar-refractivity contribution in [1.82, 2.24) is 29.6 Å². The van der Waals surface area contributed by atoms with Crippen LogP contribution < -0.4 is 4.90 Å². The number of hydrogen-bond donors (Lipinski definition) is 1. The van der Waals surface area contributed by atoms with E-state index in [1.165, 1.54) is 6.42 Å². The van der Waals surface area contributed by atoms with Crippen molar-refractivity contribution < 1.29 is 13.9 Å². The molecule has 1 saturated carbocycles. The summed E-state index contributed by atoms with van der Waals surface area (Å²) < 4.78 is 28.6. The molecule has 0 bridgehead atoms. The number of likely N-dealkylation sites (tertiary alicyclic amines) is 1. The third kappa shape index (κ3) is 5.30. The summed E-state index contributed by atoms with van der Waals surface area (Å²) in [4.78, 5) is 18.3. The number of β-amino-alcohol motifs (C(OH)–C–C–N with tert-alkyl or cyclic N) is 1. The molecule has 1 unspecified atom stereocenters. The van der Waals surface area contributed by atoms with Gasteiger partial charge in [-0.15, -0.1) is 0 Å². The molecule has 0 spiro atoms. The number of halogens is 4. The molecule has 206 valence electrons. The van der Waals surface area contributed by atoms with Crippen molar-refractivity contribution in [3.8, 4) is 11.8 Å². The first-order valence-electron chi connectivity index (χ1n) is 13.3. The number of aromatic nitrogens is 5. The summed E-state index contributed by atoms with van der Waals surface area (Å²) in [5.41, 5.74) is 1.97. The van der Waals surface area contributed by atoms with Gasteiger partial charge in [0.1, 0.15) is 16.5 Å². The van der Waals surface area contributed by atoms with Crippen LogP contribution in [0.2, 0.25) is 10.2 Å². The minimum absolute atomic E-state index is 0.192. The van der Waals surface area contributed by atoms with Crippen LogP contribution in [0.15, 0.2) is 18.5 Å². The summed E-state index contributed by atoms with van der Waals surface area (Å²) in [6.45, 7) is 6.67. The highest BCUT2D eigenvalue weighted by molar-refractivity contribution is 6.34. The van der Waals surface area contributed by atoms with Gasteiger partial charge < -0.3 is 14.9 Å². The van der Waals surface area contributed by atoms with Crippen LogP contribution in [0, 0.1) is 29.6 Å². The fourth-order valence-electron chi connectivity index (χ4n) is 5.61. The van der Waals surface area contributed by atoms with Crippen molar-refractivity contribution >= 4 is 40.2 Å². The number of hydrogen-bond acceptors (Lipinski definition) is 7. The summed E-state index contributed by atoms with van der Waals surface area (Å²) in [6, 6.07) is 1.19. The smallest absolute Gasteiger partial charge is 0.263 e. The number of nitrogens with zero attached hydrogens (tertiary/aromatic N) is 7. The van der Waals surface area contributed by atoms with Crippen LogP contribution in [0.1, 0.15) is 43.5 Å². The number of fused-ring (bicyclic) bond motifs is 1. The van der Waals surface area contributed by atoms with Crippen LogP contribution in [0.25, 0.3) is 11.2 Å². The number of aliphatic hydroxyl groups is 1. The number of rotatable bonds is 6. The van der Waals surface area contributed by atoms with E-state index in [1.807, 2.05) is 6.92 Å². The Morgan fingerprint density at radius 2 is 1.97 bits per heavy atom. The van der Waals surface area contributed by atoms with Gasteiger partial charge in [0.15, 0.2) is 11.3 Å². The highest BCUT2D eigenvalue weighted by Crippen LogP contribution is 2.48. The van der Waals surface area contributed by atoms with Gasteiger partial charge in [-0.1, -0.05) is 29.1 Å². The number of alkyl halides is 2. The largest absolute Gasteiger partial charge is 0.395 e. The summed E-state index contributed by atoms with van der Waals surface area (Å²) in [6.07, 6.45) is 5.43. The first-order valence-corrected chi connectivity index (χ1v) is 14.0. The lowest BCUT2D eigenvalue weighted by atomic mass is 9.80. The van der Waals surface area contributed by atoms with Gasteiger partial charge in [0.25, 0.3) is 5.92 Å². The summed E-state index contributed by atoms with van der Waals surface area (Å²) in [7, 11) is 0. The third-order valence-electron chi connectivity index (χ3n) is 8.11. The predicted molar refractivity (Wildman–Crippen MR) is 145 cm³/mol. The predicted octanol–water partition coefficient (Wildman–Crippen LogP) is 4.28. The van der Waals surface area contributed by atoms with Crippen LogP contribution in [0.3, 0.4) is 0 Å². The van der Waals surface area contributed by atoms with Crippen LogP contribution in [0.4, 0.5) is 14.6 Å². The Labute approximate surface area is 235 Å². The van der Waals surface area contributed by atoms with E-state index < -0.39 is 11.8 Å². The van der Waals surface area contributed by atoms with E-state index in [4.69, 9.17) is 28.2 Å². The van der Waals surface area contributed by atoms with Crippen molar-refractivity contribution in [2.24, 2.45) is 17.8 Å². The molecule has 3 aromatic heterocycles. The van der Waals surface area contributed by atoms with Gasteiger partial charge >= 0.3 is 0 Å². The lowest BCUT2D eigenvalue weighted by molar-refractivity contribution is 0.101. The molecule has 0 radical (unpaired) electrons. The first-order chi connectivity index (χ1) is 18.7. The second kappa shape index (κ2) is 10.4. The fraction of sp³-hybridized carbons (Fsp3) is 0.556. The van der Waals surface area contributed by atoms with E-state index >= 15 is 0 Å². The molecule has 2 saturated heterocycles. The zero-order valence-electron chi connectivity index (χ0n) is 21.5. The number of piperidine rings is 1. The molecule has 12 heteroatoms. The summed E-state index contributed by atoms with van der Waals surface area (Å²) in [5.74, 6) is 3.69. The van der Waals surface area contributed by atoms with E-state index in [1.54, 1.807) is 23.1 Å². The molecule has 0 aromatic carbocycles. The fourth-order valence-corrected chi connectivity index (χ4v) is 6.13. The monoisotopic (exact) mass is 575 g/mol. The summed E-state index contributed by atoms with van der Waals surface area (Å²) in [5, 5.41) is 14.7. The number of aliphatic hydroxyl groups excluding tert-OH is 1. The minimum Gasteiger partial charge on any atom is -0.395 e. The Bertz CT molecular complexity index is 1450. The van der Waals surface area contributed by atoms with Gasteiger partial charge in [0.05, 0.1) is 29.8 Å². The van der Waals surface area contributed by atoms with Gasteiger partial charge in [-0.25, -0.2) is 28.4 Å². The third-order valence-corrected chi connectivity index (χ3v) is 8.64. The molecule has 3 fully saturated rings. The first kappa shape index (κ1) is 26.6. The second-order valence-electron chi connectivity index (χ2n) is 10.8. The topological polar surface area (TPSA) is 83.2 Å². The molecule has 3 atom stereocenters. The molecule has 1 N–H and O–H groups in total. The number of pyridine rings is 1. The van der Waals surface area contributed by atoms with Gasteiger partial charge in [-0.3, -0.25) is 0 Å². The SMILES string of the molecule is C[C@H](c1cnc(Cl)cc1Cl)n1nc(C#CC2CC2(F)F)c2ncc(N3CC([C@H]4CCCN(CCO)C4)C3)nc21. The quantitative estimate of drug-likeness (QED) is 0.347. The zero-order chi connectivity index (χ0) is 27.3. The Morgan fingerprint density at radius 3 is 2.69 bits per heavy atom. The Morgan fingerprint density at radius 1 is 1.18 bits per heavy atom. The van der Waals surface area contributed by atoms with Crippen LogP contribution in [0.5, 0.6) is 0 Å². The normalized spacial score (nSPS) is 23.8. The van der Waals surface area contributed by atoms with Gasteiger partial charge in [0.2, 0.25) is 0 Å². The van der Waals surface area contributed by atoms with Crippen molar-refractivity contribution in [2.75, 3.05) is 44.2 Å². The molecular formula is C27H29Cl2F2N7O. The Hall–Kier alpha value is -2.58. The molecule has 39 heavy (non-hydrogen) atoms. The highest BCUT2D eigenvalue weighted by atomic mass is 35.5. The summed E-state index contributed by atoms with van der Waals surface area (Å²) >= 11 is 12.5. The van der Waals surface area contributed by atoms with Crippen molar-refractivity contribution in [1.29, 1.82) is 0 Å². The molecule has 3 aliphatic rings. The molecular weight excluding hydrogens is 547 g/mol. The molecule has 5 heterocycles. The molecule has 2 aliphatic heterocycles. The lowest BCUT2D eigenvalue weighted by Crippen LogP contribution is -2.54. The maximum atomic E-state index is 13.5. The second-order valence-corrected chi connectivity index (χ2v) is 11.6. The van der Waals surface area contributed by atoms with Crippen molar-refractivity contribution in [2.45, 2.75) is 38.2 Å². The maximum absolute atomic E-state index is 13.5. The average molecular weight is 576 g/mol.